The Morgan fingerprint density at radius 2 is 1.67 bits per heavy atom. The number of primary amides is 1. The lowest BCUT2D eigenvalue weighted by Crippen LogP contribution is -2.65. The molecule has 0 unspecified atom stereocenters. The molecule has 0 bridgehead atoms. The Morgan fingerprint density at radius 3 is 2.21 bits per heavy atom. The highest BCUT2D eigenvalue weighted by molar-refractivity contribution is 6.24. The number of amides is 1. The highest BCUT2D eigenvalue weighted by atomic mass is 16.3. The molecule has 0 spiro atoms. The minimum Gasteiger partial charge on any atom is -0.508 e. The SMILES string of the molecule is CCC(=O)c1ccc(-c2cc(N(C)C)c3c(c2O)C(O)=C2C(=O)[C@]4(O)C(O)=C(C(N)=O)C(=O)[C@@H](N(C)C)[C@@H]4C[C@@H]2C3)cc1. The summed E-state index contributed by atoms with van der Waals surface area (Å²) in [5, 5.41) is 46.1. The molecule has 3 aliphatic carbocycles. The van der Waals surface area contributed by atoms with Crippen molar-refractivity contribution in [1.29, 1.82) is 0 Å². The molecule has 1 saturated carbocycles. The number of nitrogens with two attached hydrogens (primary N) is 1. The first-order valence-electron chi connectivity index (χ1n) is 14.0. The predicted molar refractivity (Wildman–Crippen MR) is 159 cm³/mol. The van der Waals surface area contributed by atoms with E-state index >= 15 is 0 Å². The summed E-state index contributed by atoms with van der Waals surface area (Å²) in [6.45, 7) is 1.76. The highest BCUT2D eigenvalue weighted by Crippen LogP contribution is 2.54. The number of likely N-dealkylation sites (N-methyl/N-ethyl adjacent to an activating group) is 1. The van der Waals surface area contributed by atoms with Gasteiger partial charge in [-0.2, -0.15) is 0 Å². The summed E-state index contributed by atoms with van der Waals surface area (Å²) in [4.78, 5) is 55.0. The van der Waals surface area contributed by atoms with E-state index in [9.17, 15) is 39.6 Å². The van der Waals surface area contributed by atoms with E-state index in [2.05, 4.69) is 0 Å². The monoisotopic (exact) mass is 589 g/mol. The molecule has 6 N–H and O–H groups in total. The number of rotatable bonds is 6. The normalized spacial score (nSPS) is 25.0. The van der Waals surface area contributed by atoms with Gasteiger partial charge in [-0.3, -0.25) is 24.1 Å². The number of phenolic OH excluding ortho intramolecular Hbond substituents is 1. The summed E-state index contributed by atoms with van der Waals surface area (Å²) < 4.78 is 0. The van der Waals surface area contributed by atoms with E-state index in [1.54, 1.807) is 65.4 Å². The summed E-state index contributed by atoms with van der Waals surface area (Å²) in [6, 6.07) is 7.30. The van der Waals surface area contributed by atoms with Gasteiger partial charge in [-0.25, -0.2) is 0 Å². The van der Waals surface area contributed by atoms with Crippen molar-refractivity contribution in [2.24, 2.45) is 17.6 Å². The molecule has 11 nitrogen and oxygen atoms in total. The molecule has 226 valence electrons. The van der Waals surface area contributed by atoms with Crippen LogP contribution in [0.3, 0.4) is 0 Å². The van der Waals surface area contributed by atoms with Gasteiger partial charge in [-0.1, -0.05) is 31.2 Å². The number of ketones is 3. The molecule has 2 aromatic carbocycles. The second-order valence-corrected chi connectivity index (χ2v) is 11.9. The number of aliphatic hydroxyl groups is 3. The van der Waals surface area contributed by atoms with E-state index in [4.69, 9.17) is 5.73 Å². The maximum Gasteiger partial charge on any atom is 0.255 e. The Bertz CT molecular complexity index is 1650. The highest BCUT2D eigenvalue weighted by Gasteiger charge is 2.64. The van der Waals surface area contributed by atoms with Crippen LogP contribution in [0.2, 0.25) is 0 Å². The van der Waals surface area contributed by atoms with Crippen molar-refractivity contribution in [3.8, 4) is 16.9 Å². The third-order valence-corrected chi connectivity index (χ3v) is 9.02. The van der Waals surface area contributed by atoms with Gasteiger partial charge in [0.15, 0.2) is 17.2 Å². The van der Waals surface area contributed by atoms with Crippen molar-refractivity contribution >= 4 is 34.7 Å². The Morgan fingerprint density at radius 1 is 1.05 bits per heavy atom. The molecule has 3 aliphatic rings. The summed E-state index contributed by atoms with van der Waals surface area (Å²) in [6.07, 6.45) is 0.529. The van der Waals surface area contributed by atoms with Gasteiger partial charge in [-0.15, -0.1) is 0 Å². The number of hydrogen-bond acceptors (Lipinski definition) is 10. The lowest BCUT2D eigenvalue weighted by molar-refractivity contribution is -0.153. The van der Waals surface area contributed by atoms with E-state index in [-0.39, 0.29) is 35.5 Å². The van der Waals surface area contributed by atoms with Crippen LogP contribution >= 0.6 is 0 Å². The number of anilines is 1. The van der Waals surface area contributed by atoms with Crippen LogP contribution in [-0.2, 0) is 20.8 Å². The van der Waals surface area contributed by atoms with Crippen molar-refractivity contribution < 1.29 is 39.6 Å². The average molecular weight is 590 g/mol. The van der Waals surface area contributed by atoms with Crippen LogP contribution in [0.5, 0.6) is 5.75 Å². The van der Waals surface area contributed by atoms with Crippen molar-refractivity contribution in [2.45, 2.75) is 37.8 Å². The maximum atomic E-state index is 14.1. The molecule has 1 amide bonds. The van der Waals surface area contributed by atoms with E-state index < -0.39 is 58.0 Å². The van der Waals surface area contributed by atoms with Gasteiger partial charge in [0.2, 0.25) is 5.78 Å². The zero-order chi connectivity index (χ0) is 31.7. The molecule has 43 heavy (non-hydrogen) atoms. The molecular formula is C32H35N3O8. The number of hydrogen-bond donors (Lipinski definition) is 5. The second kappa shape index (κ2) is 10.4. The zero-order valence-corrected chi connectivity index (χ0v) is 24.6. The van der Waals surface area contributed by atoms with Crippen molar-refractivity contribution in [2.75, 3.05) is 33.1 Å². The largest absolute Gasteiger partial charge is 0.508 e. The molecule has 11 heteroatoms. The first-order valence-corrected chi connectivity index (χ1v) is 14.0. The number of benzene rings is 2. The van der Waals surface area contributed by atoms with Crippen LogP contribution in [0.1, 0.15) is 41.3 Å². The van der Waals surface area contributed by atoms with Crippen LogP contribution in [0.4, 0.5) is 5.69 Å². The molecule has 0 aliphatic heterocycles. The Labute approximate surface area is 248 Å². The second-order valence-electron chi connectivity index (χ2n) is 11.9. The Hall–Kier alpha value is -4.48. The third kappa shape index (κ3) is 4.25. The molecule has 0 heterocycles. The van der Waals surface area contributed by atoms with Crippen LogP contribution in [-0.4, -0.2) is 88.4 Å². The van der Waals surface area contributed by atoms with Gasteiger partial charge in [0.1, 0.15) is 22.8 Å². The van der Waals surface area contributed by atoms with Crippen molar-refractivity contribution in [1.82, 2.24) is 4.90 Å². The van der Waals surface area contributed by atoms with E-state index in [0.29, 0.717) is 34.4 Å². The molecule has 4 atom stereocenters. The molecular weight excluding hydrogens is 554 g/mol. The fourth-order valence-electron chi connectivity index (χ4n) is 6.95. The van der Waals surface area contributed by atoms with Crippen molar-refractivity contribution in [3.05, 3.63) is 63.9 Å². The number of nitrogens with zero attached hydrogens (tertiary/aromatic N) is 2. The Kier molecular flexibility index (Phi) is 7.22. The summed E-state index contributed by atoms with van der Waals surface area (Å²) in [5.41, 5.74) is 4.28. The molecule has 0 aromatic heterocycles. The average Bonchev–Trinajstić information content (AvgIpc) is 2.94. The van der Waals surface area contributed by atoms with Gasteiger partial charge < -0.3 is 31.1 Å². The molecule has 5 rings (SSSR count). The van der Waals surface area contributed by atoms with Crippen molar-refractivity contribution in [3.63, 3.8) is 0 Å². The quantitative estimate of drug-likeness (QED) is 0.248. The topological polar surface area (TPSA) is 182 Å². The summed E-state index contributed by atoms with van der Waals surface area (Å²) >= 11 is 0. The van der Waals surface area contributed by atoms with Gasteiger partial charge in [0, 0.05) is 48.8 Å². The number of phenols is 1. The number of carbonyl (C=O) groups excluding carboxylic acids is 4. The standard InChI is InChI=1S/C32H35N3O8/c1-6-21(36)15-9-7-14(8-10-15)17-13-20(34(2)3)18-11-16-12-19-25(35(4)5)28(39)24(31(33)42)30(41)32(19,43)29(40)22(16)27(38)23(18)26(17)37/h7-10,13,16,19,25,37-38,41,43H,6,11-12H2,1-5H3,(H2,33,42)/t16-,19-,25-,32-/m0/s1. The zero-order valence-electron chi connectivity index (χ0n) is 24.6. The van der Waals surface area contributed by atoms with E-state index in [1.165, 1.54) is 4.90 Å². The smallest absolute Gasteiger partial charge is 0.255 e. The van der Waals surface area contributed by atoms with E-state index in [1.807, 2.05) is 4.90 Å². The maximum absolute atomic E-state index is 14.1. The first kappa shape index (κ1) is 30.0. The van der Waals surface area contributed by atoms with Crippen LogP contribution in [0.25, 0.3) is 16.9 Å². The lowest BCUT2D eigenvalue weighted by Gasteiger charge is -2.50. The summed E-state index contributed by atoms with van der Waals surface area (Å²) in [5.74, 6) is -6.99. The minimum absolute atomic E-state index is 0.00574. The van der Waals surface area contributed by atoms with Crippen LogP contribution in [0.15, 0.2) is 47.2 Å². The summed E-state index contributed by atoms with van der Waals surface area (Å²) in [7, 11) is 6.72. The first-order chi connectivity index (χ1) is 20.2. The number of Topliss-reactive ketones (excluding diaryl/α,β-unsaturated/α-hetero) is 3. The van der Waals surface area contributed by atoms with Gasteiger partial charge in [0.25, 0.3) is 5.91 Å². The number of aromatic hydroxyl groups is 1. The Balaban J connectivity index is 1.73. The number of carbonyl (C=O) groups is 4. The molecule has 0 saturated heterocycles. The molecule has 0 radical (unpaired) electrons. The van der Waals surface area contributed by atoms with Crippen LogP contribution in [0, 0.1) is 11.8 Å². The fourth-order valence-corrected chi connectivity index (χ4v) is 6.95. The molecule has 1 fully saturated rings. The van der Waals surface area contributed by atoms with Crippen LogP contribution < -0.4 is 10.6 Å². The minimum atomic E-state index is -2.70. The van der Waals surface area contributed by atoms with Gasteiger partial charge in [-0.05, 0) is 50.0 Å². The lowest BCUT2D eigenvalue weighted by atomic mass is 9.57. The molecule has 2 aromatic rings. The van der Waals surface area contributed by atoms with E-state index in [0.717, 1.165) is 0 Å². The van der Waals surface area contributed by atoms with Gasteiger partial charge in [0.05, 0.1) is 11.6 Å². The predicted octanol–water partition coefficient (Wildman–Crippen LogP) is 2.29. The third-order valence-electron chi connectivity index (χ3n) is 9.02. The fraction of sp³-hybridized carbons (Fsp3) is 0.375. The number of fused-ring (bicyclic) bond motifs is 3. The van der Waals surface area contributed by atoms with Gasteiger partial charge >= 0.3 is 0 Å². The number of aliphatic hydroxyl groups excluding tert-OH is 2.